The Kier molecular flexibility index (Phi) is 6.74. The summed E-state index contributed by atoms with van der Waals surface area (Å²) in [5, 5.41) is 4.50. The SMILES string of the molecule is CC(C)CNCc1ccc(Br)cc1Sc1ccc(Br)cn1. The van der Waals surface area contributed by atoms with Crippen molar-refractivity contribution in [2.75, 3.05) is 6.54 Å². The summed E-state index contributed by atoms with van der Waals surface area (Å²) in [4.78, 5) is 5.67. The third-order valence-corrected chi connectivity index (χ3v) is 4.82. The summed E-state index contributed by atoms with van der Waals surface area (Å²) >= 11 is 8.66. The highest BCUT2D eigenvalue weighted by Gasteiger charge is 2.07. The number of aromatic nitrogens is 1. The molecule has 0 aliphatic carbocycles. The third-order valence-electron chi connectivity index (χ3n) is 2.81. The molecule has 0 atom stereocenters. The van der Waals surface area contributed by atoms with Gasteiger partial charge in [-0.2, -0.15) is 0 Å². The lowest BCUT2D eigenvalue weighted by atomic mass is 10.2. The van der Waals surface area contributed by atoms with Crippen molar-refractivity contribution in [3.05, 3.63) is 51.0 Å². The molecule has 5 heteroatoms. The molecule has 1 heterocycles. The van der Waals surface area contributed by atoms with Crippen molar-refractivity contribution in [1.29, 1.82) is 0 Å². The normalized spacial score (nSPS) is 11.1. The number of benzene rings is 1. The van der Waals surface area contributed by atoms with Gasteiger partial charge in [-0.15, -0.1) is 0 Å². The summed E-state index contributed by atoms with van der Waals surface area (Å²) in [7, 11) is 0. The van der Waals surface area contributed by atoms with Gasteiger partial charge in [-0.05, 0) is 58.2 Å². The van der Waals surface area contributed by atoms with Gasteiger partial charge >= 0.3 is 0 Å². The van der Waals surface area contributed by atoms with Crippen LogP contribution in [-0.4, -0.2) is 11.5 Å². The molecule has 0 spiro atoms. The van der Waals surface area contributed by atoms with Gasteiger partial charge in [0.25, 0.3) is 0 Å². The number of pyridine rings is 1. The first-order valence-electron chi connectivity index (χ1n) is 6.83. The smallest absolute Gasteiger partial charge is 0.101 e. The molecule has 2 rings (SSSR count). The Balaban J connectivity index is 2.12. The van der Waals surface area contributed by atoms with Gasteiger partial charge in [0.05, 0.1) is 0 Å². The molecule has 0 saturated heterocycles. The number of nitrogens with one attached hydrogen (secondary N) is 1. The zero-order valence-electron chi connectivity index (χ0n) is 12.1. The molecular weight excluding hydrogens is 412 g/mol. The number of nitrogens with zero attached hydrogens (tertiary/aromatic N) is 1. The molecule has 2 nitrogen and oxygen atoms in total. The first-order valence-corrected chi connectivity index (χ1v) is 9.23. The molecule has 1 N–H and O–H groups in total. The van der Waals surface area contributed by atoms with Crippen molar-refractivity contribution in [3.63, 3.8) is 0 Å². The van der Waals surface area contributed by atoms with Crippen molar-refractivity contribution in [2.45, 2.75) is 30.3 Å². The number of rotatable bonds is 6. The van der Waals surface area contributed by atoms with Gasteiger partial charge in [0, 0.05) is 26.6 Å². The zero-order chi connectivity index (χ0) is 15.2. The van der Waals surface area contributed by atoms with Gasteiger partial charge in [0.1, 0.15) is 5.03 Å². The molecule has 0 fully saturated rings. The lowest BCUT2D eigenvalue weighted by Gasteiger charge is -2.12. The van der Waals surface area contributed by atoms with Crippen molar-refractivity contribution in [2.24, 2.45) is 5.92 Å². The maximum atomic E-state index is 4.43. The van der Waals surface area contributed by atoms with E-state index in [1.54, 1.807) is 11.8 Å². The van der Waals surface area contributed by atoms with E-state index in [1.807, 2.05) is 18.3 Å². The largest absolute Gasteiger partial charge is 0.312 e. The molecule has 2 aromatic rings. The van der Waals surface area contributed by atoms with E-state index in [9.17, 15) is 0 Å². The number of hydrogen-bond donors (Lipinski definition) is 1. The van der Waals surface area contributed by atoms with E-state index in [1.165, 1.54) is 10.5 Å². The molecule has 112 valence electrons. The Morgan fingerprint density at radius 1 is 1.14 bits per heavy atom. The zero-order valence-corrected chi connectivity index (χ0v) is 16.1. The van der Waals surface area contributed by atoms with Gasteiger partial charge in [0.15, 0.2) is 0 Å². The second-order valence-electron chi connectivity index (χ2n) is 5.19. The Labute approximate surface area is 147 Å². The Morgan fingerprint density at radius 3 is 2.57 bits per heavy atom. The van der Waals surface area contributed by atoms with Crippen molar-refractivity contribution in [1.82, 2.24) is 10.3 Å². The molecular formula is C16H18Br2N2S. The minimum atomic E-state index is 0.657. The van der Waals surface area contributed by atoms with Crippen LogP contribution in [0.3, 0.4) is 0 Å². The molecule has 0 aliphatic heterocycles. The van der Waals surface area contributed by atoms with Crippen LogP contribution in [0.5, 0.6) is 0 Å². The van der Waals surface area contributed by atoms with Crippen LogP contribution in [0.4, 0.5) is 0 Å². The van der Waals surface area contributed by atoms with E-state index >= 15 is 0 Å². The maximum Gasteiger partial charge on any atom is 0.101 e. The predicted molar refractivity (Wildman–Crippen MR) is 96.7 cm³/mol. The van der Waals surface area contributed by atoms with E-state index in [-0.39, 0.29) is 0 Å². The molecule has 0 bridgehead atoms. The van der Waals surface area contributed by atoms with Crippen LogP contribution in [-0.2, 0) is 6.54 Å². The summed E-state index contributed by atoms with van der Waals surface area (Å²) in [5.74, 6) is 0.657. The Hall–Kier alpha value is -0.360. The molecule has 1 aromatic heterocycles. The average Bonchev–Trinajstić information content (AvgIpc) is 2.43. The van der Waals surface area contributed by atoms with E-state index in [4.69, 9.17) is 0 Å². The molecule has 0 saturated carbocycles. The fourth-order valence-corrected chi connectivity index (χ4v) is 3.47. The van der Waals surface area contributed by atoms with Crippen LogP contribution < -0.4 is 5.32 Å². The monoisotopic (exact) mass is 428 g/mol. The molecule has 0 unspecified atom stereocenters. The summed E-state index contributed by atoms with van der Waals surface area (Å²) in [6.07, 6.45) is 1.83. The quantitative estimate of drug-likeness (QED) is 0.655. The summed E-state index contributed by atoms with van der Waals surface area (Å²) < 4.78 is 2.09. The van der Waals surface area contributed by atoms with Gasteiger partial charge in [-0.1, -0.05) is 47.6 Å². The molecule has 0 radical (unpaired) electrons. The first-order chi connectivity index (χ1) is 10.0. The Morgan fingerprint density at radius 2 is 1.90 bits per heavy atom. The van der Waals surface area contributed by atoms with E-state index in [0.29, 0.717) is 5.92 Å². The van der Waals surface area contributed by atoms with Crippen LogP contribution in [0, 0.1) is 5.92 Å². The second kappa shape index (κ2) is 8.32. The fraction of sp³-hybridized carbons (Fsp3) is 0.312. The van der Waals surface area contributed by atoms with E-state index < -0.39 is 0 Å². The Bertz CT molecular complexity index is 585. The van der Waals surface area contributed by atoms with Crippen LogP contribution in [0.25, 0.3) is 0 Å². The summed E-state index contributed by atoms with van der Waals surface area (Å²) in [6.45, 7) is 6.34. The summed E-state index contributed by atoms with van der Waals surface area (Å²) in [6, 6.07) is 10.5. The van der Waals surface area contributed by atoms with Crippen molar-refractivity contribution >= 4 is 43.6 Å². The standard InChI is InChI=1S/C16H18Br2N2S/c1-11(2)8-19-9-12-3-4-13(17)7-15(12)21-16-6-5-14(18)10-20-16/h3-7,10-11,19H,8-9H2,1-2H3. The van der Waals surface area contributed by atoms with Gasteiger partial charge in [0.2, 0.25) is 0 Å². The lowest BCUT2D eigenvalue weighted by Crippen LogP contribution is -2.19. The minimum absolute atomic E-state index is 0.657. The average molecular weight is 430 g/mol. The van der Waals surface area contributed by atoms with Crippen LogP contribution in [0.1, 0.15) is 19.4 Å². The van der Waals surface area contributed by atoms with Crippen LogP contribution >= 0.6 is 43.6 Å². The van der Waals surface area contributed by atoms with Gasteiger partial charge in [-0.25, -0.2) is 4.98 Å². The van der Waals surface area contributed by atoms with E-state index in [0.717, 1.165) is 27.1 Å². The molecule has 0 amide bonds. The van der Waals surface area contributed by atoms with E-state index in [2.05, 4.69) is 74.2 Å². The number of hydrogen-bond acceptors (Lipinski definition) is 3. The molecule has 1 aromatic carbocycles. The van der Waals surface area contributed by atoms with Crippen molar-refractivity contribution in [3.8, 4) is 0 Å². The van der Waals surface area contributed by atoms with Crippen LogP contribution in [0.2, 0.25) is 0 Å². The fourth-order valence-electron chi connectivity index (χ4n) is 1.80. The second-order valence-corrected chi connectivity index (χ2v) is 8.09. The van der Waals surface area contributed by atoms with Crippen molar-refractivity contribution < 1.29 is 0 Å². The first kappa shape index (κ1) is 17.0. The highest BCUT2D eigenvalue weighted by Crippen LogP contribution is 2.32. The van der Waals surface area contributed by atoms with Gasteiger partial charge in [-0.3, -0.25) is 0 Å². The van der Waals surface area contributed by atoms with Gasteiger partial charge < -0.3 is 5.32 Å². The third kappa shape index (κ3) is 5.74. The topological polar surface area (TPSA) is 24.9 Å². The number of halogens is 2. The highest BCUT2D eigenvalue weighted by atomic mass is 79.9. The molecule has 21 heavy (non-hydrogen) atoms. The predicted octanol–water partition coefficient (Wildman–Crippen LogP) is 5.50. The summed E-state index contributed by atoms with van der Waals surface area (Å²) in [5.41, 5.74) is 1.30. The van der Waals surface area contributed by atoms with Crippen LogP contribution in [0.15, 0.2) is 55.4 Å². The lowest BCUT2D eigenvalue weighted by molar-refractivity contribution is 0.550. The maximum absolute atomic E-state index is 4.43. The minimum Gasteiger partial charge on any atom is -0.312 e. The highest BCUT2D eigenvalue weighted by molar-refractivity contribution is 9.10. The molecule has 0 aliphatic rings.